The summed E-state index contributed by atoms with van der Waals surface area (Å²) in [5, 5.41) is 27.9. The van der Waals surface area contributed by atoms with Gasteiger partial charge in [0.05, 0.1) is 29.5 Å². The first-order chi connectivity index (χ1) is 22.1. The van der Waals surface area contributed by atoms with Crippen molar-refractivity contribution in [2.24, 2.45) is 7.05 Å². The smallest absolute Gasteiger partial charge is 0.290 e. The quantitative estimate of drug-likeness (QED) is 0.300. The Morgan fingerprint density at radius 2 is 1.80 bits per heavy atom. The largest absolute Gasteiger partial charge is 0.392 e. The van der Waals surface area contributed by atoms with E-state index in [2.05, 4.69) is 39.5 Å². The average Bonchev–Trinajstić information content (AvgIpc) is 3.07. The molecule has 0 saturated carbocycles. The van der Waals surface area contributed by atoms with E-state index in [-0.39, 0.29) is 18.1 Å². The molecule has 2 N–H and O–H groups in total. The molecule has 4 heterocycles. The number of amides is 1. The predicted molar refractivity (Wildman–Crippen MR) is 178 cm³/mol. The van der Waals surface area contributed by atoms with Gasteiger partial charge in [-0.1, -0.05) is 30.3 Å². The summed E-state index contributed by atoms with van der Waals surface area (Å²) in [6.07, 6.45) is 4.70. The Morgan fingerprint density at radius 3 is 2.50 bits per heavy atom. The Kier molecular flexibility index (Phi) is 8.47. The number of piperidine rings is 1. The molecule has 2 aliphatic heterocycles. The first-order valence-electron chi connectivity index (χ1n) is 15.7. The van der Waals surface area contributed by atoms with Crippen molar-refractivity contribution in [1.82, 2.24) is 19.7 Å². The molecular formula is C36H39N7O3. The van der Waals surface area contributed by atoms with Crippen molar-refractivity contribution in [2.45, 2.75) is 51.0 Å². The third-order valence-electron chi connectivity index (χ3n) is 9.37. The maximum atomic E-state index is 13.8. The number of hydrogen-bond donors (Lipinski definition) is 2. The van der Waals surface area contributed by atoms with E-state index in [0.717, 1.165) is 37.1 Å². The maximum absolute atomic E-state index is 13.8. The molecule has 1 saturated heterocycles. The summed E-state index contributed by atoms with van der Waals surface area (Å²) in [4.78, 5) is 35.5. The van der Waals surface area contributed by atoms with E-state index >= 15 is 0 Å². The van der Waals surface area contributed by atoms with E-state index in [9.17, 15) is 20.0 Å². The zero-order chi connectivity index (χ0) is 32.6. The number of nitriles is 1. The van der Waals surface area contributed by atoms with Gasteiger partial charge in [-0.05, 0) is 100 Å². The number of aliphatic hydroxyl groups excluding tert-OH is 1. The number of hydrogen-bond acceptors (Lipinski definition) is 8. The summed E-state index contributed by atoms with van der Waals surface area (Å²) in [5.74, 6) is 0.872. The summed E-state index contributed by atoms with van der Waals surface area (Å²) in [6, 6.07) is 19.0. The average molecular weight is 618 g/mol. The van der Waals surface area contributed by atoms with Gasteiger partial charge in [0, 0.05) is 36.5 Å². The van der Waals surface area contributed by atoms with Crippen molar-refractivity contribution in [3.8, 4) is 17.3 Å². The molecule has 2 aromatic heterocycles. The number of carbonyl (C=O) groups is 1. The Hall–Kier alpha value is -4.85. The number of aryl methyl sites for hydroxylation is 1. The minimum atomic E-state index is -0.657. The highest BCUT2D eigenvalue weighted by molar-refractivity contribution is 6.09. The number of fused-ring (bicyclic) bond motifs is 1. The van der Waals surface area contributed by atoms with Crippen LogP contribution in [0.5, 0.6) is 0 Å². The summed E-state index contributed by atoms with van der Waals surface area (Å²) in [7, 11) is 3.73. The SMILES string of the molecule is CN1CCC(c2ccc(Nc3cc(-c4cccc(N5CCc6cc(C(C)(C)C#N)ccc6C5=O)c4CO)nn(C)c3=O)nc2)CC1. The van der Waals surface area contributed by atoms with Crippen molar-refractivity contribution in [3.05, 3.63) is 99.0 Å². The molecule has 0 aliphatic carbocycles. The van der Waals surface area contributed by atoms with Crippen LogP contribution in [0.15, 0.2) is 65.6 Å². The van der Waals surface area contributed by atoms with Crippen LogP contribution in [0.3, 0.4) is 0 Å². The zero-order valence-electron chi connectivity index (χ0n) is 26.7. The van der Waals surface area contributed by atoms with Gasteiger partial charge in [-0.2, -0.15) is 10.4 Å². The molecule has 0 spiro atoms. The first-order valence-corrected chi connectivity index (χ1v) is 15.7. The van der Waals surface area contributed by atoms with Gasteiger partial charge in [0.15, 0.2) is 0 Å². The molecule has 1 fully saturated rings. The summed E-state index contributed by atoms with van der Waals surface area (Å²) >= 11 is 0. The Balaban J connectivity index is 1.29. The normalized spacial score (nSPS) is 15.8. The van der Waals surface area contributed by atoms with Crippen LogP contribution in [0.25, 0.3) is 11.3 Å². The lowest BCUT2D eigenvalue weighted by Crippen LogP contribution is -2.38. The predicted octanol–water partition coefficient (Wildman–Crippen LogP) is 4.89. The van der Waals surface area contributed by atoms with Gasteiger partial charge in [0.2, 0.25) is 0 Å². The van der Waals surface area contributed by atoms with Crippen LogP contribution in [-0.2, 0) is 25.5 Å². The molecule has 0 bridgehead atoms. The van der Waals surface area contributed by atoms with Crippen molar-refractivity contribution in [1.29, 1.82) is 5.26 Å². The number of nitrogens with zero attached hydrogens (tertiary/aromatic N) is 6. The van der Waals surface area contributed by atoms with Crippen LogP contribution in [0.4, 0.5) is 17.2 Å². The number of likely N-dealkylation sites (tertiary alicyclic amines) is 1. The number of anilines is 3. The van der Waals surface area contributed by atoms with E-state index in [1.54, 1.807) is 24.1 Å². The van der Waals surface area contributed by atoms with E-state index in [1.807, 2.05) is 56.4 Å². The van der Waals surface area contributed by atoms with Gasteiger partial charge in [-0.3, -0.25) is 9.59 Å². The van der Waals surface area contributed by atoms with E-state index in [1.165, 1.54) is 10.2 Å². The lowest BCUT2D eigenvalue weighted by atomic mass is 9.83. The highest BCUT2D eigenvalue weighted by Crippen LogP contribution is 2.35. The number of benzene rings is 2. The number of nitrogens with one attached hydrogen (secondary N) is 1. The van der Waals surface area contributed by atoms with Gasteiger partial charge < -0.3 is 20.2 Å². The Labute approximate surface area is 268 Å². The van der Waals surface area contributed by atoms with Crippen LogP contribution in [-0.4, -0.2) is 57.4 Å². The van der Waals surface area contributed by atoms with Crippen molar-refractivity contribution in [3.63, 3.8) is 0 Å². The third kappa shape index (κ3) is 5.91. The van der Waals surface area contributed by atoms with Gasteiger partial charge in [-0.15, -0.1) is 0 Å². The molecule has 6 rings (SSSR count). The third-order valence-corrected chi connectivity index (χ3v) is 9.37. The molecule has 4 aromatic rings. The first kappa shape index (κ1) is 31.1. The second kappa shape index (κ2) is 12.5. The Bertz CT molecular complexity index is 1880. The topological polar surface area (TPSA) is 127 Å². The van der Waals surface area contributed by atoms with Gasteiger partial charge in [-0.25, -0.2) is 9.67 Å². The second-order valence-electron chi connectivity index (χ2n) is 12.8. The molecule has 10 nitrogen and oxygen atoms in total. The highest BCUT2D eigenvalue weighted by Gasteiger charge is 2.30. The van der Waals surface area contributed by atoms with Crippen LogP contribution in [0.2, 0.25) is 0 Å². The number of pyridine rings is 1. The molecule has 2 aliphatic rings. The van der Waals surface area contributed by atoms with Crippen molar-refractivity contribution >= 4 is 23.1 Å². The minimum absolute atomic E-state index is 0.167. The van der Waals surface area contributed by atoms with E-state index in [4.69, 9.17) is 0 Å². The van der Waals surface area contributed by atoms with Crippen molar-refractivity contribution in [2.75, 3.05) is 36.9 Å². The molecule has 0 radical (unpaired) electrons. The van der Waals surface area contributed by atoms with Gasteiger partial charge >= 0.3 is 0 Å². The summed E-state index contributed by atoms with van der Waals surface area (Å²) < 4.78 is 1.26. The minimum Gasteiger partial charge on any atom is -0.392 e. The number of aromatic nitrogens is 3. The number of rotatable bonds is 7. The fraction of sp³-hybridized carbons (Fsp3) is 0.361. The molecule has 1 amide bonds. The Morgan fingerprint density at radius 1 is 1.02 bits per heavy atom. The zero-order valence-corrected chi connectivity index (χ0v) is 26.7. The molecule has 46 heavy (non-hydrogen) atoms. The monoisotopic (exact) mass is 617 g/mol. The summed E-state index contributed by atoms with van der Waals surface area (Å²) in [5.41, 5.74) is 5.14. The molecule has 2 aromatic carbocycles. The van der Waals surface area contributed by atoms with Gasteiger partial charge in [0.25, 0.3) is 11.5 Å². The van der Waals surface area contributed by atoms with Gasteiger partial charge in [0.1, 0.15) is 11.5 Å². The molecule has 0 unspecified atom stereocenters. The van der Waals surface area contributed by atoms with E-state index in [0.29, 0.717) is 58.5 Å². The maximum Gasteiger partial charge on any atom is 0.290 e. The standard InChI is InChI=1S/C36H39N7O3/c1-36(2,22-37)26-9-10-27-24(18-26)14-17-43(34(27)45)32-7-5-6-28(29(32)21-44)30-19-31(35(46)42(4)40-30)39-33-11-8-25(20-38-33)23-12-15-41(3)16-13-23/h5-11,18-20,23,44H,12-17,21H2,1-4H3,(H,38,39). The fourth-order valence-electron chi connectivity index (χ4n) is 6.44. The molecule has 0 atom stereocenters. The van der Waals surface area contributed by atoms with Crippen LogP contribution < -0.4 is 15.8 Å². The lowest BCUT2D eigenvalue weighted by molar-refractivity contribution is 0.0980. The summed E-state index contributed by atoms with van der Waals surface area (Å²) in [6.45, 7) is 5.96. The van der Waals surface area contributed by atoms with E-state index < -0.39 is 5.41 Å². The second-order valence-corrected chi connectivity index (χ2v) is 12.8. The molecule has 236 valence electrons. The van der Waals surface area contributed by atoms with Crippen LogP contribution in [0, 0.1) is 11.3 Å². The van der Waals surface area contributed by atoms with Crippen LogP contribution in [0.1, 0.15) is 65.2 Å². The number of aliphatic hydroxyl groups is 1. The molecular weight excluding hydrogens is 578 g/mol. The lowest BCUT2D eigenvalue weighted by Gasteiger charge is -2.31. The fourth-order valence-corrected chi connectivity index (χ4v) is 6.44. The van der Waals surface area contributed by atoms with Crippen molar-refractivity contribution < 1.29 is 9.90 Å². The number of carbonyl (C=O) groups excluding carboxylic acids is 1. The van der Waals surface area contributed by atoms with Crippen LogP contribution >= 0.6 is 0 Å². The highest BCUT2D eigenvalue weighted by atomic mass is 16.3. The molecule has 10 heteroatoms.